The number of rotatable bonds is 5. The molecule has 0 saturated carbocycles. The molecule has 2 aromatic heterocycles. The van der Waals surface area contributed by atoms with Gasteiger partial charge in [-0.1, -0.05) is 29.8 Å². The number of hydrogen-bond acceptors (Lipinski definition) is 8. The van der Waals surface area contributed by atoms with Gasteiger partial charge in [-0.3, -0.25) is 4.79 Å². The zero-order valence-corrected chi connectivity index (χ0v) is 23.1. The zero-order chi connectivity index (χ0) is 27.2. The van der Waals surface area contributed by atoms with E-state index in [1.54, 1.807) is 62.7 Å². The first kappa shape index (κ1) is 26.1. The molecule has 1 atom stereocenters. The highest BCUT2D eigenvalue weighted by Gasteiger charge is 2.35. The Morgan fingerprint density at radius 2 is 1.92 bits per heavy atom. The summed E-state index contributed by atoms with van der Waals surface area (Å²) in [5, 5.41) is 7.23. The molecule has 10 nitrogen and oxygen atoms in total. The van der Waals surface area contributed by atoms with Crippen molar-refractivity contribution in [2.75, 3.05) is 0 Å². The number of amides is 2. The summed E-state index contributed by atoms with van der Waals surface area (Å²) in [5.74, 6) is -0.424. The Kier molecular flexibility index (Phi) is 6.66. The SMILES string of the molecule is CC(C)(C)OC(=O)N[C@@H](C(=O)N1Cc2cn(S(=O)(=O)c3ccc4ncsc4c3)nc2C1)c1ccccc1Cl. The average Bonchev–Trinajstić information content (AvgIpc) is 3.56. The van der Waals surface area contributed by atoms with Gasteiger partial charge in [-0.15, -0.1) is 11.3 Å². The van der Waals surface area contributed by atoms with E-state index in [0.717, 1.165) is 14.3 Å². The molecular formula is C25H24ClN5O5S2. The first-order valence-corrected chi connectivity index (χ1v) is 14.3. The van der Waals surface area contributed by atoms with E-state index in [-0.39, 0.29) is 18.0 Å². The van der Waals surface area contributed by atoms with Crippen molar-refractivity contribution in [3.63, 3.8) is 0 Å². The maximum absolute atomic E-state index is 13.6. The van der Waals surface area contributed by atoms with Crippen molar-refractivity contribution in [1.29, 1.82) is 0 Å². The number of aromatic nitrogens is 3. The number of benzene rings is 2. The van der Waals surface area contributed by atoms with Gasteiger partial charge in [0.1, 0.15) is 11.6 Å². The Morgan fingerprint density at radius 3 is 2.63 bits per heavy atom. The quantitative estimate of drug-likeness (QED) is 0.373. The number of carbonyl (C=O) groups is 2. The van der Waals surface area contributed by atoms with Gasteiger partial charge in [-0.25, -0.2) is 9.78 Å². The Morgan fingerprint density at radius 1 is 1.16 bits per heavy atom. The van der Waals surface area contributed by atoms with Gasteiger partial charge in [0.15, 0.2) is 0 Å². The number of nitrogens with zero attached hydrogens (tertiary/aromatic N) is 4. The highest BCUT2D eigenvalue weighted by molar-refractivity contribution is 7.89. The van der Waals surface area contributed by atoms with E-state index in [2.05, 4.69) is 15.4 Å². The van der Waals surface area contributed by atoms with Crippen LogP contribution >= 0.6 is 22.9 Å². The second-order valence-corrected chi connectivity index (χ2v) is 12.8. The molecule has 0 radical (unpaired) electrons. The van der Waals surface area contributed by atoms with E-state index in [1.165, 1.54) is 28.5 Å². The molecule has 0 saturated heterocycles. The molecule has 1 N–H and O–H groups in total. The van der Waals surface area contributed by atoms with Crippen molar-refractivity contribution in [3.8, 4) is 0 Å². The molecule has 0 bridgehead atoms. The Hall–Kier alpha value is -3.48. The van der Waals surface area contributed by atoms with E-state index in [9.17, 15) is 18.0 Å². The predicted molar refractivity (Wildman–Crippen MR) is 142 cm³/mol. The standard InChI is InChI=1S/C25H24ClN5O5S2/c1-25(2,3)36-24(33)28-22(17-6-4-5-7-18(17)26)23(32)30-11-15-12-31(29-20(15)13-30)38(34,35)16-8-9-19-21(10-16)37-14-27-19/h4-10,12,14,22H,11,13H2,1-3H3,(H,28,33)/t22-/m1/s1. The lowest BCUT2D eigenvalue weighted by Gasteiger charge is -2.27. The van der Waals surface area contributed by atoms with Crippen molar-refractivity contribution < 1.29 is 22.7 Å². The monoisotopic (exact) mass is 573 g/mol. The maximum atomic E-state index is 13.6. The van der Waals surface area contributed by atoms with E-state index < -0.39 is 33.7 Å². The van der Waals surface area contributed by atoms with Crippen LogP contribution in [0.25, 0.3) is 10.2 Å². The average molecular weight is 574 g/mol. The van der Waals surface area contributed by atoms with Gasteiger partial charge in [0, 0.05) is 28.9 Å². The van der Waals surface area contributed by atoms with Crippen LogP contribution in [0, 0.1) is 0 Å². The lowest BCUT2D eigenvalue weighted by molar-refractivity contribution is -0.134. The summed E-state index contributed by atoms with van der Waals surface area (Å²) >= 11 is 7.72. The van der Waals surface area contributed by atoms with E-state index in [0.29, 0.717) is 21.8 Å². The first-order valence-electron chi connectivity index (χ1n) is 11.6. The molecule has 38 heavy (non-hydrogen) atoms. The maximum Gasteiger partial charge on any atom is 0.408 e. The molecule has 1 aliphatic heterocycles. The Balaban J connectivity index is 1.37. The normalized spacial score (nSPS) is 14.4. The Bertz CT molecular complexity index is 1630. The van der Waals surface area contributed by atoms with Gasteiger partial charge in [0.2, 0.25) is 0 Å². The van der Waals surface area contributed by atoms with Crippen molar-refractivity contribution in [3.05, 3.63) is 76.0 Å². The second kappa shape index (κ2) is 9.68. The minimum atomic E-state index is -3.93. The third-order valence-electron chi connectivity index (χ3n) is 5.84. The lowest BCUT2D eigenvalue weighted by atomic mass is 10.1. The Labute approximate surface area is 228 Å². The van der Waals surface area contributed by atoms with Gasteiger partial charge in [-0.2, -0.15) is 17.6 Å². The molecule has 2 amide bonds. The van der Waals surface area contributed by atoms with Crippen LogP contribution in [0.5, 0.6) is 0 Å². The fourth-order valence-electron chi connectivity index (χ4n) is 4.10. The number of hydrogen-bond donors (Lipinski definition) is 1. The summed E-state index contributed by atoms with van der Waals surface area (Å²) in [6.07, 6.45) is 0.655. The third-order valence-corrected chi connectivity index (χ3v) is 8.51. The lowest BCUT2D eigenvalue weighted by Crippen LogP contribution is -2.43. The molecule has 2 aromatic carbocycles. The molecule has 5 rings (SSSR count). The van der Waals surface area contributed by atoms with Gasteiger partial charge in [0.25, 0.3) is 15.9 Å². The summed E-state index contributed by atoms with van der Waals surface area (Å²) in [6, 6.07) is 10.3. The van der Waals surface area contributed by atoms with E-state index in [1.807, 2.05) is 0 Å². The number of thiazole rings is 1. The van der Waals surface area contributed by atoms with Gasteiger partial charge in [-0.05, 0) is 45.0 Å². The summed E-state index contributed by atoms with van der Waals surface area (Å²) in [6.45, 7) is 5.36. The van der Waals surface area contributed by atoms with Crippen LogP contribution in [0.4, 0.5) is 4.79 Å². The number of carbonyl (C=O) groups excluding carboxylic acids is 2. The number of ether oxygens (including phenoxy) is 1. The minimum absolute atomic E-state index is 0.0709. The molecule has 13 heteroatoms. The summed E-state index contributed by atoms with van der Waals surface area (Å²) in [4.78, 5) is 31.9. The second-order valence-electron chi connectivity index (χ2n) is 9.76. The van der Waals surface area contributed by atoms with Crippen LogP contribution < -0.4 is 5.32 Å². The molecule has 0 aliphatic carbocycles. The minimum Gasteiger partial charge on any atom is -0.444 e. The number of halogens is 1. The third kappa shape index (κ3) is 5.11. The van der Waals surface area contributed by atoms with E-state index >= 15 is 0 Å². The van der Waals surface area contributed by atoms with Crippen molar-refractivity contribution in [1.82, 2.24) is 24.4 Å². The predicted octanol–water partition coefficient (Wildman–Crippen LogP) is 4.49. The molecule has 0 unspecified atom stereocenters. The van der Waals surface area contributed by atoms with E-state index in [4.69, 9.17) is 16.3 Å². The van der Waals surface area contributed by atoms with Gasteiger partial charge >= 0.3 is 6.09 Å². The highest BCUT2D eigenvalue weighted by atomic mass is 35.5. The molecule has 4 aromatic rings. The van der Waals surface area contributed by atoms with Gasteiger partial charge < -0.3 is 15.0 Å². The smallest absolute Gasteiger partial charge is 0.408 e. The zero-order valence-electron chi connectivity index (χ0n) is 20.7. The fourth-order valence-corrected chi connectivity index (χ4v) is 6.33. The molecule has 198 valence electrons. The van der Waals surface area contributed by atoms with Crippen molar-refractivity contribution in [2.24, 2.45) is 0 Å². The summed E-state index contributed by atoms with van der Waals surface area (Å²) in [5.41, 5.74) is 3.08. The number of fused-ring (bicyclic) bond motifs is 2. The molecule has 3 heterocycles. The molecular weight excluding hydrogens is 550 g/mol. The number of alkyl carbamates (subject to hydrolysis) is 1. The van der Waals surface area contributed by atoms with Crippen LogP contribution in [0.3, 0.4) is 0 Å². The summed E-state index contributed by atoms with van der Waals surface area (Å²) in [7, 11) is -3.93. The fraction of sp³-hybridized carbons (Fsp3) is 0.280. The van der Waals surface area contributed by atoms with Crippen LogP contribution in [0.1, 0.15) is 43.6 Å². The first-order chi connectivity index (χ1) is 17.9. The largest absolute Gasteiger partial charge is 0.444 e. The topological polar surface area (TPSA) is 123 Å². The van der Waals surface area contributed by atoms with Crippen molar-refractivity contribution in [2.45, 2.75) is 50.4 Å². The van der Waals surface area contributed by atoms with Crippen LogP contribution in [0.15, 0.2) is 59.1 Å². The van der Waals surface area contributed by atoms with Crippen LogP contribution in [-0.2, 0) is 32.6 Å². The van der Waals surface area contributed by atoms with Gasteiger partial charge in [0.05, 0.1) is 32.9 Å². The number of nitrogens with one attached hydrogen (secondary N) is 1. The summed E-state index contributed by atoms with van der Waals surface area (Å²) < 4.78 is 33.5. The molecule has 1 aliphatic rings. The van der Waals surface area contributed by atoms with Crippen molar-refractivity contribution >= 4 is 55.2 Å². The molecule has 0 spiro atoms. The van der Waals surface area contributed by atoms with Crippen LogP contribution in [-0.4, -0.2) is 45.1 Å². The highest BCUT2D eigenvalue weighted by Crippen LogP contribution is 2.30. The molecule has 0 fully saturated rings. The van der Waals surface area contributed by atoms with Crippen LogP contribution in [0.2, 0.25) is 5.02 Å².